The Bertz CT molecular complexity index is 209. The van der Waals surface area contributed by atoms with Crippen molar-refractivity contribution in [2.75, 3.05) is 32.8 Å². The maximum atomic E-state index is 11.7. The maximum Gasteiger partial charge on any atom is 0.222 e. The highest BCUT2D eigenvalue weighted by Gasteiger charge is 2.20. The molecule has 0 spiro atoms. The predicted octanol–water partition coefficient (Wildman–Crippen LogP) is 0.377. The molecule has 2 aliphatic rings. The van der Waals surface area contributed by atoms with Crippen molar-refractivity contribution >= 4 is 5.91 Å². The van der Waals surface area contributed by atoms with Crippen LogP contribution in [0, 0.1) is 0 Å². The molecular weight excluding hydrogens is 192 g/mol. The van der Waals surface area contributed by atoms with Gasteiger partial charge in [-0.3, -0.25) is 4.79 Å². The third-order valence-electron chi connectivity index (χ3n) is 3.16. The minimum absolute atomic E-state index is 0.319. The zero-order chi connectivity index (χ0) is 10.5. The van der Waals surface area contributed by atoms with E-state index < -0.39 is 0 Å². The molecule has 0 radical (unpaired) electrons. The molecular formula is C11H20N2O2. The molecule has 0 bridgehead atoms. The zero-order valence-electron chi connectivity index (χ0n) is 9.21. The fourth-order valence-electron chi connectivity index (χ4n) is 2.23. The van der Waals surface area contributed by atoms with Crippen LogP contribution in [-0.2, 0) is 9.53 Å². The first kappa shape index (κ1) is 10.9. The minimum atomic E-state index is 0.319. The number of carbonyl (C=O) groups excluding carboxylic acids is 1. The first-order valence-corrected chi connectivity index (χ1v) is 5.95. The van der Waals surface area contributed by atoms with E-state index in [9.17, 15) is 4.79 Å². The van der Waals surface area contributed by atoms with E-state index in [1.165, 1.54) is 12.8 Å². The van der Waals surface area contributed by atoms with E-state index in [1.807, 2.05) is 4.90 Å². The summed E-state index contributed by atoms with van der Waals surface area (Å²) in [4.78, 5) is 13.7. The quantitative estimate of drug-likeness (QED) is 0.735. The SMILES string of the molecule is O=C(CCC1COCCN1)N1CCCC1. The van der Waals surface area contributed by atoms with E-state index in [-0.39, 0.29) is 0 Å². The number of hydrogen-bond donors (Lipinski definition) is 1. The molecule has 0 aromatic carbocycles. The van der Waals surface area contributed by atoms with Crippen molar-refractivity contribution in [1.82, 2.24) is 10.2 Å². The highest BCUT2D eigenvalue weighted by atomic mass is 16.5. The molecule has 4 heteroatoms. The summed E-state index contributed by atoms with van der Waals surface area (Å²) in [6.07, 6.45) is 3.93. The lowest BCUT2D eigenvalue weighted by Gasteiger charge is -2.24. The Morgan fingerprint density at radius 3 is 2.87 bits per heavy atom. The van der Waals surface area contributed by atoms with Gasteiger partial charge in [0, 0.05) is 32.1 Å². The third-order valence-corrected chi connectivity index (χ3v) is 3.16. The molecule has 1 N–H and O–H groups in total. The molecule has 1 amide bonds. The van der Waals surface area contributed by atoms with Crippen LogP contribution in [0.25, 0.3) is 0 Å². The van der Waals surface area contributed by atoms with Gasteiger partial charge in [0.05, 0.1) is 13.2 Å². The minimum Gasteiger partial charge on any atom is -0.379 e. The van der Waals surface area contributed by atoms with E-state index in [4.69, 9.17) is 4.74 Å². The Hall–Kier alpha value is -0.610. The van der Waals surface area contributed by atoms with E-state index >= 15 is 0 Å². The molecule has 1 atom stereocenters. The van der Waals surface area contributed by atoms with E-state index in [2.05, 4.69) is 5.32 Å². The van der Waals surface area contributed by atoms with Crippen LogP contribution in [0.4, 0.5) is 0 Å². The lowest BCUT2D eigenvalue weighted by molar-refractivity contribution is -0.130. The number of nitrogens with zero attached hydrogens (tertiary/aromatic N) is 1. The topological polar surface area (TPSA) is 41.6 Å². The molecule has 0 aromatic rings. The van der Waals surface area contributed by atoms with Crippen LogP contribution in [0.2, 0.25) is 0 Å². The van der Waals surface area contributed by atoms with E-state index in [0.29, 0.717) is 18.4 Å². The lowest BCUT2D eigenvalue weighted by atomic mass is 10.1. The van der Waals surface area contributed by atoms with E-state index in [1.54, 1.807) is 0 Å². The van der Waals surface area contributed by atoms with Crippen molar-refractivity contribution in [2.45, 2.75) is 31.7 Å². The first-order chi connectivity index (χ1) is 7.36. The van der Waals surface area contributed by atoms with Gasteiger partial charge in [-0.15, -0.1) is 0 Å². The molecule has 2 fully saturated rings. The van der Waals surface area contributed by atoms with Gasteiger partial charge in [-0.05, 0) is 19.3 Å². The second kappa shape index (κ2) is 5.47. The van der Waals surface area contributed by atoms with Crippen LogP contribution in [0.5, 0.6) is 0 Å². The number of rotatable bonds is 3. The molecule has 15 heavy (non-hydrogen) atoms. The largest absolute Gasteiger partial charge is 0.379 e. The van der Waals surface area contributed by atoms with Crippen molar-refractivity contribution in [3.63, 3.8) is 0 Å². The summed E-state index contributed by atoms with van der Waals surface area (Å²) in [5, 5.41) is 3.37. The zero-order valence-corrected chi connectivity index (χ0v) is 9.21. The summed E-state index contributed by atoms with van der Waals surface area (Å²) in [5.74, 6) is 0.319. The van der Waals surface area contributed by atoms with Crippen LogP contribution >= 0.6 is 0 Å². The highest BCUT2D eigenvalue weighted by molar-refractivity contribution is 5.76. The van der Waals surface area contributed by atoms with Crippen molar-refractivity contribution < 1.29 is 9.53 Å². The van der Waals surface area contributed by atoms with Gasteiger partial charge in [0.25, 0.3) is 0 Å². The average Bonchev–Trinajstić information content (AvgIpc) is 2.81. The van der Waals surface area contributed by atoms with Gasteiger partial charge in [0.2, 0.25) is 5.91 Å². The van der Waals surface area contributed by atoms with Crippen LogP contribution in [0.3, 0.4) is 0 Å². The van der Waals surface area contributed by atoms with Gasteiger partial charge in [0.1, 0.15) is 0 Å². The Balaban J connectivity index is 1.65. The fraction of sp³-hybridized carbons (Fsp3) is 0.909. The molecule has 1 unspecified atom stereocenters. The number of morpholine rings is 1. The number of hydrogen-bond acceptors (Lipinski definition) is 3. The Labute approximate surface area is 91.0 Å². The van der Waals surface area contributed by atoms with Crippen LogP contribution in [0.1, 0.15) is 25.7 Å². The lowest BCUT2D eigenvalue weighted by Crippen LogP contribution is -2.42. The molecule has 2 saturated heterocycles. The number of nitrogens with one attached hydrogen (secondary N) is 1. The van der Waals surface area contributed by atoms with Crippen molar-refractivity contribution in [3.05, 3.63) is 0 Å². The average molecular weight is 212 g/mol. The molecule has 0 saturated carbocycles. The van der Waals surface area contributed by atoms with Crippen molar-refractivity contribution in [3.8, 4) is 0 Å². The van der Waals surface area contributed by atoms with E-state index in [0.717, 1.165) is 39.3 Å². The molecule has 0 aliphatic carbocycles. The number of ether oxygens (including phenoxy) is 1. The predicted molar refractivity (Wildman–Crippen MR) is 57.7 cm³/mol. The molecule has 2 rings (SSSR count). The van der Waals surface area contributed by atoms with Gasteiger partial charge in [-0.1, -0.05) is 0 Å². The fourth-order valence-corrected chi connectivity index (χ4v) is 2.23. The van der Waals surface area contributed by atoms with Crippen LogP contribution in [-0.4, -0.2) is 49.7 Å². The molecule has 2 aliphatic heterocycles. The number of likely N-dealkylation sites (tertiary alicyclic amines) is 1. The van der Waals surface area contributed by atoms with Gasteiger partial charge < -0.3 is 15.0 Å². The molecule has 4 nitrogen and oxygen atoms in total. The first-order valence-electron chi connectivity index (χ1n) is 5.95. The number of carbonyl (C=O) groups is 1. The highest BCUT2D eigenvalue weighted by Crippen LogP contribution is 2.11. The summed E-state index contributed by atoms with van der Waals surface area (Å²) in [5.41, 5.74) is 0. The Morgan fingerprint density at radius 2 is 2.20 bits per heavy atom. The summed E-state index contributed by atoms with van der Waals surface area (Å²) < 4.78 is 5.35. The second-order valence-corrected chi connectivity index (χ2v) is 4.35. The van der Waals surface area contributed by atoms with Crippen LogP contribution in [0.15, 0.2) is 0 Å². The smallest absolute Gasteiger partial charge is 0.222 e. The number of amides is 1. The van der Waals surface area contributed by atoms with Gasteiger partial charge in [0.15, 0.2) is 0 Å². The molecule has 2 heterocycles. The summed E-state index contributed by atoms with van der Waals surface area (Å²) >= 11 is 0. The van der Waals surface area contributed by atoms with Gasteiger partial charge >= 0.3 is 0 Å². The Morgan fingerprint density at radius 1 is 1.40 bits per heavy atom. The van der Waals surface area contributed by atoms with Crippen molar-refractivity contribution in [1.29, 1.82) is 0 Å². The molecule has 0 aromatic heterocycles. The summed E-state index contributed by atoms with van der Waals surface area (Å²) in [6.45, 7) is 4.41. The summed E-state index contributed by atoms with van der Waals surface area (Å²) in [7, 11) is 0. The van der Waals surface area contributed by atoms with Crippen molar-refractivity contribution in [2.24, 2.45) is 0 Å². The Kier molecular flexibility index (Phi) is 3.97. The normalized spacial score (nSPS) is 26.9. The third kappa shape index (κ3) is 3.18. The standard InChI is InChI=1S/C11H20N2O2/c14-11(13-6-1-2-7-13)4-3-10-9-15-8-5-12-10/h10,12H,1-9H2. The second-order valence-electron chi connectivity index (χ2n) is 4.35. The van der Waals surface area contributed by atoms with Crippen LogP contribution < -0.4 is 5.32 Å². The maximum absolute atomic E-state index is 11.7. The summed E-state index contributed by atoms with van der Waals surface area (Å²) in [6, 6.07) is 0.380. The van der Waals surface area contributed by atoms with Gasteiger partial charge in [-0.2, -0.15) is 0 Å². The molecule has 86 valence electrons. The monoisotopic (exact) mass is 212 g/mol. The van der Waals surface area contributed by atoms with Gasteiger partial charge in [-0.25, -0.2) is 0 Å².